The van der Waals surface area contributed by atoms with Gasteiger partial charge in [-0.1, -0.05) is 60.7 Å². The zero-order valence-corrected chi connectivity index (χ0v) is 20.9. The van der Waals surface area contributed by atoms with Gasteiger partial charge in [-0.25, -0.2) is 8.96 Å². The number of benzene rings is 4. The van der Waals surface area contributed by atoms with Crippen LogP contribution in [0.4, 0.5) is 4.39 Å². The molecule has 0 atom stereocenters. The molecule has 0 radical (unpaired) electrons. The van der Waals surface area contributed by atoms with Gasteiger partial charge in [0.05, 0.1) is 11.1 Å². The molecule has 6 aromatic rings. The molecule has 0 fully saturated rings. The molecule has 0 unspecified atom stereocenters. The van der Waals surface area contributed by atoms with E-state index in [1.54, 1.807) is 6.07 Å². The van der Waals surface area contributed by atoms with Gasteiger partial charge in [0.25, 0.3) is 0 Å². The van der Waals surface area contributed by atoms with Crippen LogP contribution in [0, 0.1) is 26.6 Å². The van der Waals surface area contributed by atoms with Crippen molar-refractivity contribution in [1.82, 2.24) is 0 Å². The van der Waals surface area contributed by atoms with E-state index in [9.17, 15) is 0 Å². The Balaban J connectivity index is 1.61. The smallest absolute Gasteiger partial charge is 0.216 e. The van der Waals surface area contributed by atoms with Gasteiger partial charge in [-0.05, 0) is 66.8 Å². The van der Waals surface area contributed by atoms with E-state index < -0.39 is 0 Å². The van der Waals surface area contributed by atoms with Crippen molar-refractivity contribution in [3.8, 4) is 33.5 Å². The maximum Gasteiger partial charge on any atom is 0.216 e. The lowest BCUT2D eigenvalue weighted by Crippen LogP contribution is -2.31. The van der Waals surface area contributed by atoms with E-state index in [-0.39, 0.29) is 5.82 Å². The third-order valence-electron chi connectivity index (χ3n) is 7.07. The van der Waals surface area contributed by atoms with Crippen molar-refractivity contribution in [2.24, 2.45) is 7.05 Å². The number of hydrogen-bond acceptors (Lipinski definition) is 1. The minimum Gasteiger partial charge on any atom is -0.454 e. The molecule has 2 nitrogen and oxygen atoms in total. The van der Waals surface area contributed by atoms with Crippen molar-refractivity contribution in [3.63, 3.8) is 0 Å². The number of fused-ring (bicyclic) bond motifs is 3. The molecular formula is C33H27FNO+. The van der Waals surface area contributed by atoms with E-state index in [1.807, 2.05) is 48.5 Å². The molecule has 0 spiro atoms. The summed E-state index contributed by atoms with van der Waals surface area (Å²) in [7, 11) is 2.05. The first-order chi connectivity index (χ1) is 17.4. The number of halogens is 1. The van der Waals surface area contributed by atoms with E-state index >= 15 is 4.39 Å². The zero-order valence-electron chi connectivity index (χ0n) is 20.9. The first-order valence-corrected chi connectivity index (χ1v) is 12.2. The van der Waals surface area contributed by atoms with E-state index in [0.717, 1.165) is 55.4 Å². The van der Waals surface area contributed by atoms with Crippen LogP contribution in [0.5, 0.6) is 0 Å². The van der Waals surface area contributed by atoms with E-state index in [2.05, 4.69) is 68.9 Å². The Morgan fingerprint density at radius 2 is 1.36 bits per heavy atom. The summed E-state index contributed by atoms with van der Waals surface area (Å²) in [6.07, 6.45) is 2.11. The lowest BCUT2D eigenvalue weighted by atomic mass is 9.95. The van der Waals surface area contributed by atoms with Crippen LogP contribution in [0.25, 0.3) is 55.4 Å². The Morgan fingerprint density at radius 1 is 0.667 bits per heavy atom. The normalized spacial score (nSPS) is 11.5. The van der Waals surface area contributed by atoms with Crippen LogP contribution in [0.3, 0.4) is 0 Å². The third-order valence-corrected chi connectivity index (χ3v) is 7.07. The zero-order chi connectivity index (χ0) is 25.0. The minimum atomic E-state index is -0.286. The predicted octanol–water partition coefficient (Wildman–Crippen LogP) is 8.48. The van der Waals surface area contributed by atoms with Crippen LogP contribution in [0.15, 0.2) is 95.5 Å². The summed E-state index contributed by atoms with van der Waals surface area (Å²) in [5.74, 6) is -0.286. The summed E-state index contributed by atoms with van der Waals surface area (Å²) >= 11 is 0. The molecule has 6 rings (SSSR count). The molecule has 2 heterocycles. The van der Waals surface area contributed by atoms with Crippen molar-refractivity contribution in [2.75, 3.05) is 0 Å². The SMILES string of the molecule is Cc1ccc(-c2c(C)cc(C)c3c2oc2c(-c4ccc(-c5ccccc5)cc4)c(F)ccc23)[n+](C)c1. The van der Waals surface area contributed by atoms with Crippen LogP contribution < -0.4 is 4.57 Å². The summed E-state index contributed by atoms with van der Waals surface area (Å²) in [6.45, 7) is 6.29. The summed E-state index contributed by atoms with van der Waals surface area (Å²) in [5, 5.41) is 1.97. The number of aromatic nitrogens is 1. The lowest BCUT2D eigenvalue weighted by Gasteiger charge is -2.08. The van der Waals surface area contributed by atoms with E-state index in [4.69, 9.17) is 4.42 Å². The molecular weight excluding hydrogens is 445 g/mol. The van der Waals surface area contributed by atoms with Gasteiger partial charge in [0, 0.05) is 22.4 Å². The van der Waals surface area contributed by atoms with Gasteiger partial charge in [-0.15, -0.1) is 0 Å². The summed E-state index contributed by atoms with van der Waals surface area (Å²) < 4.78 is 24.1. The maximum atomic E-state index is 15.4. The Labute approximate surface area is 210 Å². The fourth-order valence-electron chi connectivity index (χ4n) is 5.41. The standard InChI is InChI=1S/C33H27FNO/c1-20-10-17-28(35(4)19-20)30-22(3)18-21(2)29-26-15-16-27(34)31(32(26)36-33(29)30)25-13-11-24(12-14-25)23-8-6-5-7-9-23/h5-19H,1-4H3/q+1. The second-order valence-electron chi connectivity index (χ2n) is 9.64. The predicted molar refractivity (Wildman–Crippen MR) is 145 cm³/mol. The highest BCUT2D eigenvalue weighted by Gasteiger charge is 2.24. The molecule has 0 aliphatic heterocycles. The van der Waals surface area contributed by atoms with Gasteiger partial charge in [-0.2, -0.15) is 0 Å². The first kappa shape index (κ1) is 22.2. The fourth-order valence-corrected chi connectivity index (χ4v) is 5.41. The molecule has 0 N–H and O–H groups in total. The van der Waals surface area contributed by atoms with Crippen molar-refractivity contribution < 1.29 is 13.4 Å². The molecule has 0 bridgehead atoms. The summed E-state index contributed by atoms with van der Waals surface area (Å²) in [5.41, 5.74) is 10.5. The number of nitrogens with zero attached hydrogens (tertiary/aromatic N) is 1. The number of furan rings is 1. The van der Waals surface area contributed by atoms with Crippen LogP contribution in [0.1, 0.15) is 16.7 Å². The second-order valence-corrected chi connectivity index (χ2v) is 9.64. The van der Waals surface area contributed by atoms with Gasteiger partial charge in [-0.3, -0.25) is 0 Å². The highest BCUT2D eigenvalue weighted by atomic mass is 19.1. The third kappa shape index (κ3) is 3.51. The Hall–Kier alpha value is -4.24. The molecule has 0 saturated heterocycles. The highest BCUT2D eigenvalue weighted by molar-refractivity contribution is 6.14. The van der Waals surface area contributed by atoms with E-state index in [0.29, 0.717) is 11.1 Å². The first-order valence-electron chi connectivity index (χ1n) is 12.2. The number of aryl methyl sites for hydroxylation is 4. The Bertz CT molecular complexity index is 1760. The van der Waals surface area contributed by atoms with Crippen LogP contribution >= 0.6 is 0 Å². The molecule has 4 aromatic carbocycles. The molecule has 0 amide bonds. The highest BCUT2D eigenvalue weighted by Crippen LogP contribution is 2.43. The monoisotopic (exact) mass is 472 g/mol. The molecule has 0 aliphatic rings. The lowest BCUT2D eigenvalue weighted by molar-refractivity contribution is -0.660. The topological polar surface area (TPSA) is 17.0 Å². The average Bonchev–Trinajstić information content (AvgIpc) is 3.25. The van der Waals surface area contributed by atoms with Crippen molar-refractivity contribution in [1.29, 1.82) is 0 Å². The average molecular weight is 473 g/mol. The Morgan fingerprint density at radius 3 is 2.08 bits per heavy atom. The van der Waals surface area contributed by atoms with Gasteiger partial charge in [0.1, 0.15) is 24.0 Å². The molecule has 2 aromatic heterocycles. The van der Waals surface area contributed by atoms with Gasteiger partial charge in [0.15, 0.2) is 6.20 Å². The molecule has 0 aliphatic carbocycles. The molecule has 0 saturated carbocycles. The second kappa shape index (κ2) is 8.46. The number of rotatable bonds is 3. The maximum absolute atomic E-state index is 15.4. The van der Waals surface area contributed by atoms with E-state index in [1.165, 1.54) is 5.56 Å². The van der Waals surface area contributed by atoms with Crippen LogP contribution in [-0.4, -0.2) is 0 Å². The number of pyridine rings is 1. The fraction of sp³-hybridized carbons (Fsp3) is 0.121. The molecule has 3 heteroatoms. The Kier molecular flexibility index (Phi) is 5.22. The summed E-state index contributed by atoms with van der Waals surface area (Å²) in [4.78, 5) is 0. The van der Waals surface area contributed by atoms with Gasteiger partial charge in [0.2, 0.25) is 5.69 Å². The quantitative estimate of drug-likeness (QED) is 0.236. The summed E-state index contributed by atoms with van der Waals surface area (Å²) in [6, 6.07) is 28.1. The van der Waals surface area contributed by atoms with Crippen molar-refractivity contribution >= 4 is 21.9 Å². The van der Waals surface area contributed by atoms with Gasteiger partial charge < -0.3 is 4.42 Å². The van der Waals surface area contributed by atoms with Crippen LogP contribution in [-0.2, 0) is 7.05 Å². The molecule has 176 valence electrons. The minimum absolute atomic E-state index is 0.286. The molecule has 36 heavy (non-hydrogen) atoms. The largest absolute Gasteiger partial charge is 0.454 e. The number of hydrogen-bond donors (Lipinski definition) is 0. The van der Waals surface area contributed by atoms with Gasteiger partial charge >= 0.3 is 0 Å². The van der Waals surface area contributed by atoms with Crippen LogP contribution in [0.2, 0.25) is 0 Å². The van der Waals surface area contributed by atoms with Crippen molar-refractivity contribution in [2.45, 2.75) is 20.8 Å². The van der Waals surface area contributed by atoms with Crippen molar-refractivity contribution in [3.05, 3.63) is 114 Å².